The summed E-state index contributed by atoms with van der Waals surface area (Å²) >= 11 is 7.31. The van der Waals surface area contributed by atoms with Gasteiger partial charge in [0.1, 0.15) is 5.15 Å². The van der Waals surface area contributed by atoms with E-state index in [1.807, 2.05) is 13.8 Å². The first kappa shape index (κ1) is 10.7. The van der Waals surface area contributed by atoms with Crippen LogP contribution in [0.25, 0.3) is 15.6 Å². The van der Waals surface area contributed by atoms with E-state index in [4.69, 9.17) is 11.6 Å². The van der Waals surface area contributed by atoms with E-state index in [1.54, 1.807) is 0 Å². The van der Waals surface area contributed by atoms with Crippen LogP contribution < -0.4 is 0 Å². The number of halogens is 1. The van der Waals surface area contributed by atoms with E-state index >= 15 is 0 Å². The molecular formula is C11H9ClN4S. The molecule has 0 amide bonds. The zero-order valence-electron chi connectivity index (χ0n) is 9.31. The average Bonchev–Trinajstić information content (AvgIpc) is 2.81. The van der Waals surface area contributed by atoms with E-state index < -0.39 is 0 Å². The third-order valence-corrected chi connectivity index (χ3v) is 3.65. The summed E-state index contributed by atoms with van der Waals surface area (Å²) in [5.41, 5.74) is 2.93. The van der Waals surface area contributed by atoms with Gasteiger partial charge in [0.05, 0.1) is 6.20 Å². The summed E-state index contributed by atoms with van der Waals surface area (Å²) in [5.74, 6) is 0. The molecule has 86 valence electrons. The van der Waals surface area contributed by atoms with Gasteiger partial charge in [0.2, 0.25) is 0 Å². The molecule has 0 spiro atoms. The smallest absolute Gasteiger partial charge is 0.198 e. The largest absolute Gasteiger partial charge is 0.295 e. The van der Waals surface area contributed by atoms with Crippen molar-refractivity contribution in [2.45, 2.75) is 13.8 Å². The number of thiazole rings is 1. The van der Waals surface area contributed by atoms with Crippen LogP contribution in [-0.2, 0) is 0 Å². The lowest BCUT2D eigenvalue weighted by atomic mass is 10.5. The van der Waals surface area contributed by atoms with Crippen molar-refractivity contribution in [3.05, 3.63) is 34.9 Å². The molecule has 6 heteroatoms. The standard InChI is InChI=1S/C11H9ClN4S/c1-6-3-4-7(2)16(6)11-15-9-10(17-11)14-8(12)5-13-9/h3-5H,1-2H3. The number of nitrogens with zero attached hydrogens (tertiary/aromatic N) is 4. The molecule has 4 nitrogen and oxygen atoms in total. The second-order valence-electron chi connectivity index (χ2n) is 3.77. The Morgan fingerprint density at radius 3 is 2.59 bits per heavy atom. The summed E-state index contributed by atoms with van der Waals surface area (Å²) in [6, 6.07) is 4.13. The molecule has 3 aromatic heterocycles. The number of aryl methyl sites for hydroxylation is 2. The second-order valence-corrected chi connectivity index (χ2v) is 5.11. The third-order valence-electron chi connectivity index (χ3n) is 2.54. The topological polar surface area (TPSA) is 43.6 Å². The van der Waals surface area contributed by atoms with Gasteiger partial charge in [-0.25, -0.2) is 9.97 Å². The van der Waals surface area contributed by atoms with Crippen molar-refractivity contribution < 1.29 is 0 Å². The van der Waals surface area contributed by atoms with Crippen LogP contribution in [0.5, 0.6) is 0 Å². The summed E-state index contributed by atoms with van der Waals surface area (Å²) in [7, 11) is 0. The minimum absolute atomic E-state index is 0.397. The monoisotopic (exact) mass is 264 g/mol. The first-order valence-corrected chi connectivity index (χ1v) is 6.29. The predicted octanol–water partition coefficient (Wildman–Crippen LogP) is 3.15. The quantitative estimate of drug-likeness (QED) is 0.678. The van der Waals surface area contributed by atoms with Gasteiger partial charge in [-0.05, 0) is 26.0 Å². The predicted molar refractivity (Wildman–Crippen MR) is 69.0 cm³/mol. The molecule has 0 bridgehead atoms. The third kappa shape index (κ3) is 1.71. The molecule has 0 atom stereocenters. The van der Waals surface area contributed by atoms with E-state index in [2.05, 4.69) is 31.7 Å². The lowest BCUT2D eigenvalue weighted by Gasteiger charge is -2.02. The van der Waals surface area contributed by atoms with E-state index in [0.717, 1.165) is 21.3 Å². The Morgan fingerprint density at radius 1 is 1.18 bits per heavy atom. The SMILES string of the molecule is Cc1ccc(C)n1-c1nc2ncc(Cl)nc2s1. The molecule has 0 unspecified atom stereocenters. The number of hydrogen-bond donors (Lipinski definition) is 0. The Kier molecular flexibility index (Phi) is 2.38. The number of hydrogen-bond acceptors (Lipinski definition) is 4. The molecule has 3 rings (SSSR count). The van der Waals surface area contributed by atoms with Gasteiger partial charge >= 0.3 is 0 Å². The van der Waals surface area contributed by atoms with E-state index in [9.17, 15) is 0 Å². The maximum Gasteiger partial charge on any atom is 0.198 e. The lowest BCUT2D eigenvalue weighted by molar-refractivity contribution is 0.952. The van der Waals surface area contributed by atoms with Crippen molar-refractivity contribution in [2.24, 2.45) is 0 Å². The Hall–Kier alpha value is -1.46. The molecule has 0 aliphatic heterocycles. The number of rotatable bonds is 1. The van der Waals surface area contributed by atoms with Gasteiger partial charge in [-0.1, -0.05) is 22.9 Å². The second kappa shape index (κ2) is 3.78. The van der Waals surface area contributed by atoms with Gasteiger partial charge in [0.25, 0.3) is 0 Å². The fourth-order valence-electron chi connectivity index (χ4n) is 1.76. The van der Waals surface area contributed by atoms with Crippen LogP contribution >= 0.6 is 22.9 Å². The summed E-state index contributed by atoms with van der Waals surface area (Å²) in [4.78, 5) is 13.6. The zero-order valence-corrected chi connectivity index (χ0v) is 10.9. The minimum atomic E-state index is 0.397. The van der Waals surface area contributed by atoms with Crippen molar-refractivity contribution in [3.63, 3.8) is 0 Å². The normalized spacial score (nSPS) is 11.2. The Balaban J connectivity index is 2.25. The molecule has 0 fully saturated rings. The van der Waals surface area contributed by atoms with E-state index in [1.165, 1.54) is 17.5 Å². The fraction of sp³-hybridized carbons (Fsp3) is 0.182. The zero-order chi connectivity index (χ0) is 12.0. The van der Waals surface area contributed by atoms with Crippen molar-refractivity contribution >= 4 is 33.4 Å². The van der Waals surface area contributed by atoms with Crippen molar-refractivity contribution in [2.75, 3.05) is 0 Å². The fourth-order valence-corrected chi connectivity index (χ4v) is 2.96. The van der Waals surface area contributed by atoms with Gasteiger partial charge in [-0.2, -0.15) is 4.98 Å². The number of fused-ring (bicyclic) bond motifs is 1. The van der Waals surface area contributed by atoms with Gasteiger partial charge in [0, 0.05) is 11.4 Å². The maximum atomic E-state index is 5.81. The summed E-state index contributed by atoms with van der Waals surface area (Å²) in [6.07, 6.45) is 1.52. The molecule has 3 heterocycles. The molecule has 0 N–H and O–H groups in total. The first-order chi connectivity index (χ1) is 8.15. The summed E-state index contributed by atoms with van der Waals surface area (Å²) < 4.78 is 2.09. The molecule has 0 radical (unpaired) electrons. The Bertz CT molecular complexity index is 681. The highest BCUT2D eigenvalue weighted by Crippen LogP contribution is 2.25. The van der Waals surface area contributed by atoms with Gasteiger partial charge in [0.15, 0.2) is 15.6 Å². The lowest BCUT2D eigenvalue weighted by Crippen LogP contribution is -1.97. The highest BCUT2D eigenvalue weighted by atomic mass is 35.5. The van der Waals surface area contributed by atoms with Crippen LogP contribution in [0.4, 0.5) is 0 Å². The van der Waals surface area contributed by atoms with Crippen molar-refractivity contribution in [1.29, 1.82) is 0 Å². The van der Waals surface area contributed by atoms with Crippen molar-refractivity contribution in [3.8, 4) is 5.13 Å². The molecule has 17 heavy (non-hydrogen) atoms. The Labute approximate surface area is 107 Å². The minimum Gasteiger partial charge on any atom is -0.295 e. The molecule has 0 aliphatic carbocycles. The summed E-state index contributed by atoms with van der Waals surface area (Å²) in [5, 5.41) is 1.27. The maximum absolute atomic E-state index is 5.81. The van der Waals surface area contributed by atoms with Crippen LogP contribution in [0.1, 0.15) is 11.4 Å². The molecule has 0 saturated heterocycles. The summed E-state index contributed by atoms with van der Waals surface area (Å²) in [6.45, 7) is 4.10. The first-order valence-electron chi connectivity index (χ1n) is 5.09. The van der Waals surface area contributed by atoms with Gasteiger partial charge in [-0.3, -0.25) is 4.57 Å². The average molecular weight is 265 g/mol. The number of aromatic nitrogens is 4. The van der Waals surface area contributed by atoms with E-state index in [0.29, 0.717) is 10.8 Å². The van der Waals surface area contributed by atoms with Crippen LogP contribution in [-0.4, -0.2) is 19.5 Å². The van der Waals surface area contributed by atoms with Gasteiger partial charge in [-0.15, -0.1) is 0 Å². The highest BCUT2D eigenvalue weighted by molar-refractivity contribution is 7.20. The van der Waals surface area contributed by atoms with Crippen LogP contribution in [0, 0.1) is 13.8 Å². The van der Waals surface area contributed by atoms with Crippen LogP contribution in [0.15, 0.2) is 18.3 Å². The molecule has 0 aliphatic rings. The van der Waals surface area contributed by atoms with Crippen LogP contribution in [0.3, 0.4) is 0 Å². The van der Waals surface area contributed by atoms with E-state index in [-0.39, 0.29) is 0 Å². The molecular weight excluding hydrogens is 256 g/mol. The van der Waals surface area contributed by atoms with Gasteiger partial charge < -0.3 is 0 Å². The highest BCUT2D eigenvalue weighted by Gasteiger charge is 2.11. The molecule has 3 aromatic rings. The molecule has 0 aromatic carbocycles. The van der Waals surface area contributed by atoms with Crippen molar-refractivity contribution in [1.82, 2.24) is 19.5 Å². The van der Waals surface area contributed by atoms with Crippen LogP contribution in [0.2, 0.25) is 5.15 Å². The Morgan fingerprint density at radius 2 is 1.88 bits per heavy atom. The molecule has 0 saturated carbocycles.